The summed E-state index contributed by atoms with van der Waals surface area (Å²) in [4.78, 5) is 0. The average molecular weight is 348 g/mol. The second-order valence-electron chi connectivity index (χ2n) is 5.28. The van der Waals surface area contributed by atoms with Gasteiger partial charge in [-0.15, -0.1) is 0 Å². The number of nitrogens with one attached hydrogen (secondary N) is 1. The normalized spacial score (nSPS) is 13.5. The van der Waals surface area contributed by atoms with E-state index in [0.717, 1.165) is 22.3 Å². The fourth-order valence-electron chi connectivity index (χ4n) is 2.06. The van der Waals surface area contributed by atoms with Gasteiger partial charge in [0, 0.05) is 22.3 Å². The summed E-state index contributed by atoms with van der Waals surface area (Å²) >= 11 is 3.46. The van der Waals surface area contributed by atoms with Crippen molar-refractivity contribution < 1.29 is 4.74 Å². The van der Waals surface area contributed by atoms with Crippen molar-refractivity contribution >= 4 is 21.6 Å². The molecule has 2 aromatic carbocycles. The summed E-state index contributed by atoms with van der Waals surface area (Å²) in [5.41, 5.74) is 2.33. The van der Waals surface area contributed by atoms with E-state index in [2.05, 4.69) is 78.4 Å². The van der Waals surface area contributed by atoms with E-state index in [4.69, 9.17) is 4.74 Å². The van der Waals surface area contributed by atoms with Gasteiger partial charge >= 0.3 is 0 Å². The minimum absolute atomic E-state index is 0.240. The molecule has 0 aliphatic carbocycles. The molecule has 0 spiro atoms. The van der Waals surface area contributed by atoms with E-state index in [1.54, 1.807) is 0 Å². The summed E-state index contributed by atoms with van der Waals surface area (Å²) in [6.45, 7) is 6.37. The minimum atomic E-state index is 0.240. The number of anilines is 1. The van der Waals surface area contributed by atoms with E-state index in [1.807, 2.05) is 12.1 Å². The van der Waals surface area contributed by atoms with E-state index in [0.29, 0.717) is 0 Å². The van der Waals surface area contributed by atoms with Gasteiger partial charge in [-0.05, 0) is 50.1 Å². The molecule has 2 nitrogen and oxygen atoms in total. The Labute approximate surface area is 135 Å². The maximum absolute atomic E-state index is 5.86. The first kappa shape index (κ1) is 15.9. The fourth-order valence-corrected chi connectivity index (χ4v) is 2.32. The summed E-state index contributed by atoms with van der Waals surface area (Å²) in [6, 6.07) is 16.8. The van der Waals surface area contributed by atoms with Gasteiger partial charge in [-0.3, -0.25) is 0 Å². The van der Waals surface area contributed by atoms with Gasteiger partial charge in [0.05, 0.1) is 6.10 Å². The molecule has 21 heavy (non-hydrogen) atoms. The first-order valence-electron chi connectivity index (χ1n) is 7.37. The van der Waals surface area contributed by atoms with Crippen LogP contribution in [-0.4, -0.2) is 6.10 Å². The number of ether oxygens (including phenoxy) is 1. The molecule has 2 aromatic rings. The second kappa shape index (κ2) is 7.51. The minimum Gasteiger partial charge on any atom is -0.491 e. The lowest BCUT2D eigenvalue weighted by atomic mass is 10.1. The molecule has 0 aliphatic rings. The van der Waals surface area contributed by atoms with Crippen molar-refractivity contribution in [1.82, 2.24) is 0 Å². The summed E-state index contributed by atoms with van der Waals surface area (Å²) in [5, 5.41) is 3.51. The zero-order valence-electron chi connectivity index (χ0n) is 12.8. The fraction of sp³-hybridized carbons (Fsp3) is 0.333. The highest BCUT2D eigenvalue weighted by atomic mass is 79.9. The molecule has 0 heterocycles. The number of benzene rings is 2. The molecule has 2 unspecified atom stereocenters. The Hall–Kier alpha value is -1.48. The van der Waals surface area contributed by atoms with Crippen LogP contribution < -0.4 is 10.1 Å². The van der Waals surface area contributed by atoms with Gasteiger partial charge in [0.1, 0.15) is 5.75 Å². The maximum atomic E-state index is 5.86. The van der Waals surface area contributed by atoms with E-state index in [1.165, 1.54) is 5.56 Å². The number of rotatable bonds is 6. The SMILES string of the molecule is CCC(C)Oc1cccc(NC(C)c2ccc(Br)cc2)c1. The number of hydrogen-bond donors (Lipinski definition) is 1. The molecule has 112 valence electrons. The highest BCUT2D eigenvalue weighted by Gasteiger charge is 2.07. The molecule has 0 saturated heterocycles. The molecule has 2 rings (SSSR count). The molecule has 0 bridgehead atoms. The Morgan fingerprint density at radius 2 is 1.81 bits per heavy atom. The van der Waals surface area contributed by atoms with Gasteiger partial charge in [0.15, 0.2) is 0 Å². The van der Waals surface area contributed by atoms with Crippen molar-refractivity contribution in [2.75, 3.05) is 5.32 Å². The van der Waals surface area contributed by atoms with Crippen molar-refractivity contribution in [3.63, 3.8) is 0 Å². The van der Waals surface area contributed by atoms with E-state index < -0.39 is 0 Å². The van der Waals surface area contributed by atoms with Crippen LogP contribution in [0.1, 0.15) is 38.8 Å². The highest BCUT2D eigenvalue weighted by molar-refractivity contribution is 9.10. The summed E-state index contributed by atoms with van der Waals surface area (Å²) in [7, 11) is 0. The van der Waals surface area contributed by atoms with E-state index >= 15 is 0 Å². The van der Waals surface area contributed by atoms with Crippen LogP contribution in [0.3, 0.4) is 0 Å². The lowest BCUT2D eigenvalue weighted by Crippen LogP contribution is -2.10. The van der Waals surface area contributed by atoms with Crippen molar-refractivity contribution in [3.05, 3.63) is 58.6 Å². The van der Waals surface area contributed by atoms with Gasteiger partial charge in [0.2, 0.25) is 0 Å². The molecular weight excluding hydrogens is 326 g/mol. The highest BCUT2D eigenvalue weighted by Crippen LogP contribution is 2.24. The predicted octanol–water partition coefficient (Wildman–Crippen LogP) is 5.80. The second-order valence-corrected chi connectivity index (χ2v) is 6.20. The van der Waals surface area contributed by atoms with Crippen molar-refractivity contribution in [2.24, 2.45) is 0 Å². The summed E-state index contributed by atoms with van der Waals surface area (Å²) in [6.07, 6.45) is 1.25. The van der Waals surface area contributed by atoms with E-state index in [-0.39, 0.29) is 12.1 Å². The molecular formula is C18H22BrNO. The van der Waals surface area contributed by atoms with Crippen LogP contribution in [0, 0.1) is 0 Å². The largest absolute Gasteiger partial charge is 0.491 e. The Morgan fingerprint density at radius 3 is 2.48 bits per heavy atom. The van der Waals surface area contributed by atoms with Crippen LogP contribution in [0.15, 0.2) is 53.0 Å². The van der Waals surface area contributed by atoms with Crippen LogP contribution in [0.25, 0.3) is 0 Å². The van der Waals surface area contributed by atoms with Gasteiger partial charge in [-0.1, -0.05) is 41.1 Å². The molecule has 0 radical (unpaired) electrons. The monoisotopic (exact) mass is 347 g/mol. The van der Waals surface area contributed by atoms with Crippen molar-refractivity contribution in [3.8, 4) is 5.75 Å². The molecule has 3 heteroatoms. The van der Waals surface area contributed by atoms with Crippen LogP contribution in [0.5, 0.6) is 5.75 Å². The topological polar surface area (TPSA) is 21.3 Å². The van der Waals surface area contributed by atoms with Crippen LogP contribution in [-0.2, 0) is 0 Å². The van der Waals surface area contributed by atoms with Gasteiger partial charge in [-0.2, -0.15) is 0 Å². The van der Waals surface area contributed by atoms with Gasteiger partial charge < -0.3 is 10.1 Å². The quantitative estimate of drug-likeness (QED) is 0.712. The summed E-state index contributed by atoms with van der Waals surface area (Å²) < 4.78 is 6.96. The smallest absolute Gasteiger partial charge is 0.121 e. The standard InChI is InChI=1S/C18H22BrNO/c1-4-13(2)21-18-7-5-6-17(12-18)20-14(3)15-8-10-16(19)11-9-15/h5-14,20H,4H2,1-3H3. The molecule has 0 aliphatic heterocycles. The average Bonchev–Trinajstić information content (AvgIpc) is 2.48. The van der Waals surface area contributed by atoms with Crippen molar-refractivity contribution in [2.45, 2.75) is 39.3 Å². The van der Waals surface area contributed by atoms with Crippen LogP contribution >= 0.6 is 15.9 Å². The molecule has 0 fully saturated rings. The molecule has 0 aromatic heterocycles. The number of halogens is 1. The Kier molecular flexibility index (Phi) is 5.68. The summed E-state index contributed by atoms with van der Waals surface area (Å²) in [5.74, 6) is 0.914. The molecule has 0 saturated carbocycles. The first-order chi connectivity index (χ1) is 10.1. The maximum Gasteiger partial charge on any atom is 0.121 e. The molecule has 0 amide bonds. The Morgan fingerprint density at radius 1 is 1.10 bits per heavy atom. The first-order valence-corrected chi connectivity index (χ1v) is 8.16. The zero-order chi connectivity index (χ0) is 15.2. The third-order valence-electron chi connectivity index (χ3n) is 3.50. The lowest BCUT2D eigenvalue weighted by Gasteiger charge is -2.18. The van der Waals surface area contributed by atoms with E-state index in [9.17, 15) is 0 Å². The molecule has 2 atom stereocenters. The zero-order valence-corrected chi connectivity index (χ0v) is 14.4. The lowest BCUT2D eigenvalue weighted by molar-refractivity contribution is 0.217. The Bertz CT molecular complexity index is 568. The van der Waals surface area contributed by atoms with Crippen molar-refractivity contribution in [1.29, 1.82) is 0 Å². The predicted molar refractivity (Wildman–Crippen MR) is 93.0 cm³/mol. The number of hydrogen-bond acceptors (Lipinski definition) is 2. The Balaban J connectivity index is 2.05. The third kappa shape index (κ3) is 4.78. The van der Waals surface area contributed by atoms with Gasteiger partial charge in [-0.25, -0.2) is 0 Å². The van der Waals surface area contributed by atoms with Crippen LogP contribution in [0.2, 0.25) is 0 Å². The third-order valence-corrected chi connectivity index (χ3v) is 4.03. The van der Waals surface area contributed by atoms with Crippen LogP contribution in [0.4, 0.5) is 5.69 Å². The van der Waals surface area contributed by atoms with Gasteiger partial charge in [0.25, 0.3) is 0 Å². The molecule has 1 N–H and O–H groups in total.